The fraction of sp³-hybridized carbons (Fsp3) is 0.588. The van der Waals surface area contributed by atoms with Crippen LogP contribution >= 0.6 is 0 Å². The number of carbonyl (C=O) groups excluding carboxylic acids is 1. The molecule has 1 atom stereocenters. The molecule has 0 unspecified atom stereocenters. The van der Waals surface area contributed by atoms with E-state index in [1.807, 2.05) is 26.8 Å². The highest BCUT2D eigenvalue weighted by molar-refractivity contribution is 7.85. The van der Waals surface area contributed by atoms with Gasteiger partial charge in [-0.3, -0.25) is 4.18 Å². The molecule has 1 aliphatic heterocycles. The quantitative estimate of drug-likeness (QED) is 0.760. The lowest BCUT2D eigenvalue weighted by Gasteiger charge is -2.24. The SMILES string of the molecule is CC(C)(C)OC(=O)N1CC[C@@H](COS(=O)(=O)Cc2ccccc2)C1. The van der Waals surface area contributed by atoms with Gasteiger partial charge in [0.15, 0.2) is 0 Å². The van der Waals surface area contributed by atoms with Crippen molar-refractivity contribution >= 4 is 16.2 Å². The molecule has 1 fully saturated rings. The van der Waals surface area contributed by atoms with Crippen molar-refractivity contribution in [3.8, 4) is 0 Å². The van der Waals surface area contributed by atoms with Crippen molar-refractivity contribution in [2.24, 2.45) is 5.92 Å². The smallest absolute Gasteiger partial charge is 0.410 e. The molecule has 0 aliphatic carbocycles. The van der Waals surface area contributed by atoms with Crippen LogP contribution in [-0.4, -0.2) is 44.7 Å². The van der Waals surface area contributed by atoms with Crippen LogP contribution in [0.2, 0.25) is 0 Å². The van der Waals surface area contributed by atoms with E-state index in [1.54, 1.807) is 29.2 Å². The van der Waals surface area contributed by atoms with Crippen molar-refractivity contribution in [2.75, 3.05) is 19.7 Å². The Bertz CT molecular complexity index is 651. The summed E-state index contributed by atoms with van der Waals surface area (Å²) in [6.45, 7) is 6.55. The van der Waals surface area contributed by atoms with Crippen molar-refractivity contribution in [1.82, 2.24) is 4.90 Å². The van der Waals surface area contributed by atoms with Crippen molar-refractivity contribution < 1.29 is 22.1 Å². The van der Waals surface area contributed by atoms with Gasteiger partial charge in [-0.25, -0.2) is 4.79 Å². The first-order chi connectivity index (χ1) is 11.1. The maximum absolute atomic E-state index is 12.0. The molecule has 1 saturated heterocycles. The summed E-state index contributed by atoms with van der Waals surface area (Å²) >= 11 is 0. The number of amides is 1. The third-order valence-corrected chi connectivity index (χ3v) is 4.79. The molecule has 1 aromatic rings. The Balaban J connectivity index is 1.80. The first-order valence-corrected chi connectivity index (χ1v) is 9.61. The summed E-state index contributed by atoms with van der Waals surface area (Å²) in [4.78, 5) is 13.6. The van der Waals surface area contributed by atoms with Crippen molar-refractivity contribution in [1.29, 1.82) is 0 Å². The molecule has 0 bridgehead atoms. The zero-order valence-electron chi connectivity index (χ0n) is 14.4. The van der Waals surface area contributed by atoms with Crippen molar-refractivity contribution in [3.05, 3.63) is 35.9 Å². The number of hydrogen-bond acceptors (Lipinski definition) is 5. The van der Waals surface area contributed by atoms with Gasteiger partial charge in [-0.1, -0.05) is 30.3 Å². The number of likely N-dealkylation sites (tertiary alicyclic amines) is 1. The van der Waals surface area contributed by atoms with Gasteiger partial charge in [0.05, 0.1) is 6.61 Å². The highest BCUT2D eigenvalue weighted by Crippen LogP contribution is 2.21. The predicted molar refractivity (Wildman–Crippen MR) is 90.9 cm³/mol. The molecule has 1 amide bonds. The van der Waals surface area contributed by atoms with E-state index >= 15 is 0 Å². The molecule has 24 heavy (non-hydrogen) atoms. The zero-order chi connectivity index (χ0) is 17.8. The highest BCUT2D eigenvalue weighted by Gasteiger charge is 2.30. The van der Waals surface area contributed by atoms with Gasteiger partial charge in [0.2, 0.25) is 0 Å². The van der Waals surface area contributed by atoms with E-state index in [0.29, 0.717) is 25.1 Å². The first-order valence-electron chi connectivity index (χ1n) is 8.03. The lowest BCUT2D eigenvalue weighted by molar-refractivity contribution is 0.0285. The summed E-state index contributed by atoms with van der Waals surface area (Å²) in [5.74, 6) is -0.140. The summed E-state index contributed by atoms with van der Waals surface area (Å²) in [7, 11) is -3.62. The number of ether oxygens (including phenoxy) is 1. The van der Waals surface area contributed by atoms with E-state index in [0.717, 1.165) is 0 Å². The van der Waals surface area contributed by atoms with E-state index in [9.17, 15) is 13.2 Å². The minimum Gasteiger partial charge on any atom is -0.444 e. The van der Waals surface area contributed by atoms with E-state index in [2.05, 4.69) is 0 Å². The summed E-state index contributed by atoms with van der Waals surface area (Å²) < 4.78 is 34.5. The Hall–Kier alpha value is -1.60. The largest absolute Gasteiger partial charge is 0.444 e. The van der Waals surface area contributed by atoms with E-state index in [-0.39, 0.29) is 24.4 Å². The Kier molecular flexibility index (Phi) is 5.87. The predicted octanol–water partition coefficient (Wildman–Crippen LogP) is 2.79. The van der Waals surface area contributed by atoms with Crippen LogP contribution in [0.5, 0.6) is 0 Å². The van der Waals surface area contributed by atoms with Crippen LogP contribution in [0.1, 0.15) is 32.8 Å². The zero-order valence-corrected chi connectivity index (χ0v) is 15.2. The third-order valence-electron chi connectivity index (χ3n) is 3.61. The van der Waals surface area contributed by atoms with Crippen molar-refractivity contribution in [2.45, 2.75) is 38.5 Å². The van der Waals surface area contributed by atoms with Gasteiger partial charge in [0, 0.05) is 19.0 Å². The van der Waals surface area contributed by atoms with E-state index in [4.69, 9.17) is 8.92 Å². The van der Waals surface area contributed by atoms with Crippen LogP contribution in [0, 0.1) is 5.92 Å². The lowest BCUT2D eigenvalue weighted by atomic mass is 10.1. The maximum Gasteiger partial charge on any atom is 0.410 e. The van der Waals surface area contributed by atoms with Crippen LogP contribution < -0.4 is 0 Å². The highest BCUT2D eigenvalue weighted by atomic mass is 32.2. The second-order valence-corrected chi connectivity index (χ2v) is 8.69. The number of carbonyl (C=O) groups is 1. The average molecular weight is 355 g/mol. The molecule has 1 aliphatic rings. The average Bonchev–Trinajstić information content (AvgIpc) is 2.93. The standard InChI is InChI=1S/C17H25NO5S/c1-17(2,3)23-16(19)18-10-9-15(11-18)12-22-24(20,21)13-14-7-5-4-6-8-14/h4-8,15H,9-13H2,1-3H3/t15-/m1/s1. The molecule has 0 aromatic heterocycles. The molecule has 0 N–H and O–H groups in total. The van der Waals surface area contributed by atoms with E-state index < -0.39 is 15.7 Å². The number of nitrogens with zero attached hydrogens (tertiary/aromatic N) is 1. The fourth-order valence-corrected chi connectivity index (χ4v) is 3.56. The summed E-state index contributed by atoms with van der Waals surface area (Å²) in [5, 5.41) is 0. The number of hydrogen-bond donors (Lipinski definition) is 0. The topological polar surface area (TPSA) is 72.9 Å². The second-order valence-electron chi connectivity index (χ2n) is 7.05. The maximum atomic E-state index is 12.0. The first kappa shape index (κ1) is 18.7. The van der Waals surface area contributed by atoms with Crippen molar-refractivity contribution in [3.63, 3.8) is 0 Å². The molecule has 2 rings (SSSR count). The second kappa shape index (κ2) is 7.53. The van der Waals surface area contributed by atoms with Crippen LogP contribution in [-0.2, 0) is 24.8 Å². The van der Waals surface area contributed by atoms with Gasteiger partial charge in [-0.05, 0) is 32.8 Å². The van der Waals surface area contributed by atoms with Gasteiger partial charge in [0.25, 0.3) is 10.1 Å². The van der Waals surface area contributed by atoms with Gasteiger partial charge >= 0.3 is 6.09 Å². The Labute approximate surface area is 143 Å². The number of rotatable bonds is 5. The Morgan fingerprint density at radius 3 is 2.54 bits per heavy atom. The molecule has 1 heterocycles. The summed E-state index contributed by atoms with van der Waals surface area (Å²) in [6.07, 6.45) is 0.345. The molecule has 134 valence electrons. The molecule has 6 nitrogen and oxygen atoms in total. The van der Waals surface area contributed by atoms with Gasteiger partial charge < -0.3 is 9.64 Å². The summed E-state index contributed by atoms with van der Waals surface area (Å²) in [6, 6.07) is 8.92. The normalized spacial score (nSPS) is 18.6. The monoisotopic (exact) mass is 355 g/mol. The molecule has 1 aromatic carbocycles. The van der Waals surface area contributed by atoms with Gasteiger partial charge in [-0.15, -0.1) is 0 Å². The Morgan fingerprint density at radius 2 is 1.92 bits per heavy atom. The minimum absolute atomic E-state index is 0.00284. The van der Waals surface area contributed by atoms with Crippen LogP contribution in [0.15, 0.2) is 30.3 Å². The van der Waals surface area contributed by atoms with Gasteiger partial charge in [-0.2, -0.15) is 8.42 Å². The molecular formula is C17H25NO5S. The van der Waals surface area contributed by atoms with Crippen LogP contribution in [0.25, 0.3) is 0 Å². The third kappa shape index (κ3) is 6.13. The summed E-state index contributed by atoms with van der Waals surface area (Å²) in [5.41, 5.74) is 0.157. The van der Waals surface area contributed by atoms with E-state index in [1.165, 1.54) is 0 Å². The molecule has 7 heteroatoms. The number of benzene rings is 1. The Morgan fingerprint density at radius 1 is 1.25 bits per heavy atom. The molecule has 0 radical (unpaired) electrons. The van der Waals surface area contributed by atoms with Gasteiger partial charge in [0.1, 0.15) is 11.4 Å². The van der Waals surface area contributed by atoms with Crippen LogP contribution in [0.4, 0.5) is 4.79 Å². The fourth-order valence-electron chi connectivity index (χ4n) is 2.48. The molecular weight excluding hydrogens is 330 g/mol. The minimum atomic E-state index is -3.62. The lowest BCUT2D eigenvalue weighted by Crippen LogP contribution is -2.35. The molecule has 0 saturated carbocycles. The van der Waals surface area contributed by atoms with Crippen LogP contribution in [0.3, 0.4) is 0 Å². The molecule has 0 spiro atoms.